The predicted molar refractivity (Wildman–Crippen MR) is 77.3 cm³/mol. The zero-order chi connectivity index (χ0) is 14.7. The van der Waals surface area contributed by atoms with Crippen molar-refractivity contribution >= 4 is 33.3 Å². The molecular weight excluding hydrogens is 329 g/mol. The number of aromatic carboxylic acids is 1. The Morgan fingerprint density at radius 3 is 2.70 bits per heavy atom. The molecule has 0 radical (unpaired) electrons. The summed E-state index contributed by atoms with van der Waals surface area (Å²) in [4.78, 5) is 11.1. The van der Waals surface area contributed by atoms with Crippen LogP contribution in [0.3, 0.4) is 0 Å². The molecule has 0 spiro atoms. The summed E-state index contributed by atoms with van der Waals surface area (Å²) >= 11 is 3.31. The van der Waals surface area contributed by atoms with Crippen LogP contribution in [0.1, 0.15) is 10.4 Å². The van der Waals surface area contributed by atoms with Crippen LogP contribution in [0.2, 0.25) is 0 Å². The average Bonchev–Trinajstić information content (AvgIpc) is 2.41. The molecule has 4 nitrogen and oxygen atoms in total. The first-order valence-electron chi connectivity index (χ1n) is 5.65. The number of benzene rings is 2. The molecule has 2 aromatic rings. The number of nitrogens with one attached hydrogen (secondary N) is 1. The van der Waals surface area contributed by atoms with E-state index >= 15 is 0 Å². The smallest absolute Gasteiger partial charge is 0.337 e. The summed E-state index contributed by atoms with van der Waals surface area (Å²) in [6.45, 7) is 0. The fraction of sp³-hybridized carbons (Fsp3) is 0.0714. The van der Waals surface area contributed by atoms with Crippen LogP contribution in [-0.4, -0.2) is 18.2 Å². The number of hydrogen-bond acceptors (Lipinski definition) is 3. The molecule has 0 amide bonds. The summed E-state index contributed by atoms with van der Waals surface area (Å²) in [5, 5.41) is 11.8. The van der Waals surface area contributed by atoms with E-state index in [9.17, 15) is 9.18 Å². The molecule has 0 aliphatic rings. The molecule has 6 heteroatoms. The SMILES string of the molecule is COc1ccc(Nc2c(F)cccc2C(=O)O)cc1Br. The van der Waals surface area contributed by atoms with Crippen LogP contribution in [0.4, 0.5) is 15.8 Å². The van der Waals surface area contributed by atoms with Crippen LogP contribution in [0.25, 0.3) is 0 Å². The first-order valence-corrected chi connectivity index (χ1v) is 6.44. The number of hydrogen-bond donors (Lipinski definition) is 2. The Balaban J connectivity index is 2.39. The Kier molecular flexibility index (Phi) is 4.24. The molecule has 0 aromatic heterocycles. The molecule has 20 heavy (non-hydrogen) atoms. The first kappa shape index (κ1) is 14.3. The van der Waals surface area contributed by atoms with E-state index in [1.807, 2.05) is 0 Å². The van der Waals surface area contributed by atoms with Gasteiger partial charge in [0.15, 0.2) is 0 Å². The second-order valence-corrected chi connectivity index (χ2v) is 4.80. The maximum absolute atomic E-state index is 13.8. The van der Waals surface area contributed by atoms with Gasteiger partial charge in [0.25, 0.3) is 0 Å². The van der Waals surface area contributed by atoms with Crippen molar-refractivity contribution in [2.45, 2.75) is 0 Å². The molecule has 0 bridgehead atoms. The molecular formula is C14H11BrFNO3. The molecule has 0 aliphatic carbocycles. The van der Waals surface area contributed by atoms with Gasteiger partial charge in [-0.1, -0.05) is 6.07 Å². The van der Waals surface area contributed by atoms with Crippen molar-refractivity contribution < 1.29 is 19.0 Å². The number of rotatable bonds is 4. The van der Waals surface area contributed by atoms with Crippen LogP contribution in [0.5, 0.6) is 5.75 Å². The number of halogens is 2. The van der Waals surface area contributed by atoms with Gasteiger partial charge in [-0.25, -0.2) is 9.18 Å². The minimum Gasteiger partial charge on any atom is -0.496 e. The number of carboxylic acid groups (broad SMARTS) is 1. The minimum absolute atomic E-state index is 0.0722. The van der Waals surface area contributed by atoms with Crippen molar-refractivity contribution in [1.82, 2.24) is 0 Å². The molecule has 104 valence electrons. The lowest BCUT2D eigenvalue weighted by Crippen LogP contribution is -2.04. The van der Waals surface area contributed by atoms with E-state index in [2.05, 4.69) is 21.2 Å². The maximum Gasteiger partial charge on any atom is 0.337 e. The summed E-state index contributed by atoms with van der Waals surface area (Å²) in [7, 11) is 1.53. The number of carbonyl (C=O) groups is 1. The number of methoxy groups -OCH3 is 1. The van der Waals surface area contributed by atoms with Crippen LogP contribution in [0, 0.1) is 5.82 Å². The highest BCUT2D eigenvalue weighted by atomic mass is 79.9. The molecule has 0 aliphatic heterocycles. The quantitative estimate of drug-likeness (QED) is 0.882. The van der Waals surface area contributed by atoms with Gasteiger partial charge in [0.1, 0.15) is 11.6 Å². The van der Waals surface area contributed by atoms with E-state index in [1.165, 1.54) is 25.3 Å². The van der Waals surface area contributed by atoms with Gasteiger partial charge in [-0.15, -0.1) is 0 Å². The lowest BCUT2D eigenvalue weighted by atomic mass is 10.1. The predicted octanol–water partition coefficient (Wildman–Crippen LogP) is 4.04. The highest BCUT2D eigenvalue weighted by molar-refractivity contribution is 9.10. The molecule has 0 unspecified atom stereocenters. The number of anilines is 2. The van der Waals surface area contributed by atoms with Gasteiger partial charge in [0.2, 0.25) is 0 Å². The molecule has 0 atom stereocenters. The number of carboxylic acids is 1. The Morgan fingerprint density at radius 2 is 2.10 bits per heavy atom. The number of para-hydroxylation sites is 1. The molecule has 2 rings (SSSR count). The van der Waals surface area contributed by atoms with E-state index in [-0.39, 0.29) is 11.3 Å². The summed E-state index contributed by atoms with van der Waals surface area (Å²) < 4.78 is 19.6. The Labute approximate surface area is 123 Å². The Morgan fingerprint density at radius 1 is 1.35 bits per heavy atom. The van der Waals surface area contributed by atoms with E-state index < -0.39 is 11.8 Å². The van der Waals surface area contributed by atoms with Gasteiger partial charge < -0.3 is 15.2 Å². The third-order valence-electron chi connectivity index (χ3n) is 2.67. The Hall–Kier alpha value is -2.08. The zero-order valence-electron chi connectivity index (χ0n) is 10.5. The molecule has 0 saturated carbocycles. The van der Waals surface area contributed by atoms with Gasteiger partial charge in [0.05, 0.1) is 22.8 Å². The topological polar surface area (TPSA) is 58.6 Å². The molecule has 0 heterocycles. The van der Waals surface area contributed by atoms with Crippen LogP contribution in [0.15, 0.2) is 40.9 Å². The van der Waals surface area contributed by atoms with E-state index in [4.69, 9.17) is 9.84 Å². The minimum atomic E-state index is -1.19. The second kappa shape index (κ2) is 5.92. The Bertz CT molecular complexity index is 661. The van der Waals surface area contributed by atoms with Crippen molar-refractivity contribution in [3.63, 3.8) is 0 Å². The lowest BCUT2D eigenvalue weighted by Gasteiger charge is -2.12. The van der Waals surface area contributed by atoms with Crippen LogP contribution < -0.4 is 10.1 Å². The maximum atomic E-state index is 13.8. The van der Waals surface area contributed by atoms with E-state index in [0.717, 1.165) is 0 Å². The monoisotopic (exact) mass is 339 g/mol. The van der Waals surface area contributed by atoms with Crippen LogP contribution >= 0.6 is 15.9 Å². The van der Waals surface area contributed by atoms with Crippen molar-refractivity contribution in [2.75, 3.05) is 12.4 Å². The van der Waals surface area contributed by atoms with E-state index in [0.29, 0.717) is 15.9 Å². The normalized spacial score (nSPS) is 10.2. The van der Waals surface area contributed by atoms with Gasteiger partial charge in [-0.2, -0.15) is 0 Å². The van der Waals surface area contributed by atoms with Crippen LogP contribution in [-0.2, 0) is 0 Å². The lowest BCUT2D eigenvalue weighted by molar-refractivity contribution is 0.0697. The summed E-state index contributed by atoms with van der Waals surface area (Å²) in [5.74, 6) is -1.20. The standard InChI is InChI=1S/C14H11BrFNO3/c1-20-12-6-5-8(7-10(12)15)17-13-9(14(18)19)3-2-4-11(13)16/h2-7,17H,1H3,(H,18,19). The fourth-order valence-electron chi connectivity index (χ4n) is 1.72. The van der Waals surface area contributed by atoms with Gasteiger partial charge >= 0.3 is 5.97 Å². The summed E-state index contributed by atoms with van der Waals surface area (Å²) in [5.41, 5.74) is 0.347. The third-order valence-corrected chi connectivity index (χ3v) is 3.28. The zero-order valence-corrected chi connectivity index (χ0v) is 12.1. The molecule has 0 fully saturated rings. The average molecular weight is 340 g/mol. The third kappa shape index (κ3) is 2.91. The van der Waals surface area contributed by atoms with Gasteiger partial charge in [-0.05, 0) is 46.3 Å². The number of ether oxygens (including phenoxy) is 1. The molecule has 2 N–H and O–H groups in total. The van der Waals surface area contributed by atoms with Gasteiger partial charge in [0, 0.05) is 5.69 Å². The summed E-state index contributed by atoms with van der Waals surface area (Å²) in [6.07, 6.45) is 0. The van der Waals surface area contributed by atoms with Gasteiger partial charge in [-0.3, -0.25) is 0 Å². The van der Waals surface area contributed by atoms with Crippen molar-refractivity contribution in [3.05, 3.63) is 52.3 Å². The molecule has 0 saturated heterocycles. The van der Waals surface area contributed by atoms with Crippen molar-refractivity contribution in [3.8, 4) is 5.75 Å². The van der Waals surface area contributed by atoms with Crippen molar-refractivity contribution in [1.29, 1.82) is 0 Å². The van der Waals surface area contributed by atoms with E-state index in [1.54, 1.807) is 18.2 Å². The molecule has 2 aromatic carbocycles. The highest BCUT2D eigenvalue weighted by Crippen LogP contribution is 2.31. The largest absolute Gasteiger partial charge is 0.496 e. The second-order valence-electron chi connectivity index (χ2n) is 3.94. The highest BCUT2D eigenvalue weighted by Gasteiger charge is 2.14. The summed E-state index contributed by atoms with van der Waals surface area (Å²) in [6, 6.07) is 8.93. The first-order chi connectivity index (χ1) is 9.52. The fourth-order valence-corrected chi connectivity index (χ4v) is 2.26. The van der Waals surface area contributed by atoms with Crippen molar-refractivity contribution in [2.24, 2.45) is 0 Å².